The fourth-order valence-corrected chi connectivity index (χ4v) is 2.46. The molecule has 0 aliphatic rings. The molecule has 0 saturated carbocycles. The molecule has 0 spiro atoms. The number of likely N-dealkylation sites (N-methyl/N-ethyl adjacent to an activating group) is 1. The Morgan fingerprint density at radius 2 is 1.84 bits per heavy atom. The van der Waals surface area contributed by atoms with Gasteiger partial charge in [-0.25, -0.2) is 8.78 Å². The Kier molecular flexibility index (Phi) is 6.82. The molecule has 0 radical (unpaired) electrons. The molecule has 2 N–H and O–H groups in total. The first-order valence-electron chi connectivity index (χ1n) is 7.97. The van der Waals surface area contributed by atoms with Crippen molar-refractivity contribution >= 4 is 5.96 Å². The first kappa shape index (κ1) is 18.8. The number of aliphatic imine (C=N–C) groups is 1. The molecule has 25 heavy (non-hydrogen) atoms. The van der Waals surface area contributed by atoms with Crippen LogP contribution in [0, 0.1) is 11.6 Å². The third kappa shape index (κ3) is 5.22. The van der Waals surface area contributed by atoms with Crippen LogP contribution in [0.5, 0.6) is 0 Å². The van der Waals surface area contributed by atoms with Gasteiger partial charge in [0.25, 0.3) is 0 Å². The maximum absolute atomic E-state index is 14.1. The predicted molar refractivity (Wildman–Crippen MR) is 95.2 cm³/mol. The van der Waals surface area contributed by atoms with Crippen molar-refractivity contribution in [2.45, 2.75) is 12.6 Å². The Hall–Kier alpha value is -2.54. The quantitative estimate of drug-likeness (QED) is 0.622. The molecule has 2 aromatic rings. The summed E-state index contributed by atoms with van der Waals surface area (Å²) in [5.41, 5.74) is 0.912. The maximum Gasteiger partial charge on any atom is 0.191 e. The summed E-state index contributed by atoms with van der Waals surface area (Å²) in [6, 6.07) is 9.07. The number of guanidine groups is 1. The summed E-state index contributed by atoms with van der Waals surface area (Å²) in [6.07, 6.45) is 1.72. The highest BCUT2D eigenvalue weighted by Gasteiger charge is 2.22. The standard InChI is InChI=1S/C18H23F2N5/c1-21-18(23-11-13-7-4-5-10-22-13)24-12-16(25(2)3)17-14(19)8-6-9-15(17)20/h4-10,16H,11-12H2,1-3H3,(H2,21,23,24). The van der Waals surface area contributed by atoms with Gasteiger partial charge in [0.15, 0.2) is 5.96 Å². The average Bonchev–Trinajstić information content (AvgIpc) is 2.60. The molecule has 7 heteroatoms. The van der Waals surface area contributed by atoms with Crippen LogP contribution in [0.1, 0.15) is 17.3 Å². The first-order valence-corrected chi connectivity index (χ1v) is 7.97. The number of aromatic nitrogens is 1. The van der Waals surface area contributed by atoms with Crippen LogP contribution in [0.25, 0.3) is 0 Å². The number of nitrogens with one attached hydrogen (secondary N) is 2. The summed E-state index contributed by atoms with van der Waals surface area (Å²) in [4.78, 5) is 10.1. The lowest BCUT2D eigenvalue weighted by molar-refractivity contribution is 0.282. The zero-order valence-electron chi connectivity index (χ0n) is 14.6. The number of rotatable bonds is 6. The van der Waals surface area contributed by atoms with E-state index in [2.05, 4.69) is 20.6 Å². The second-order valence-corrected chi connectivity index (χ2v) is 5.74. The van der Waals surface area contributed by atoms with E-state index in [-0.39, 0.29) is 5.56 Å². The number of hydrogen-bond donors (Lipinski definition) is 2. The zero-order chi connectivity index (χ0) is 18.2. The Bertz CT molecular complexity index is 684. The van der Waals surface area contributed by atoms with Crippen LogP contribution in [0.2, 0.25) is 0 Å². The van der Waals surface area contributed by atoms with Crippen LogP contribution in [0.3, 0.4) is 0 Å². The molecule has 1 heterocycles. The molecule has 2 rings (SSSR count). The van der Waals surface area contributed by atoms with Gasteiger partial charge < -0.3 is 15.5 Å². The van der Waals surface area contributed by atoms with E-state index in [1.807, 2.05) is 18.2 Å². The van der Waals surface area contributed by atoms with Gasteiger partial charge in [0, 0.05) is 25.4 Å². The van der Waals surface area contributed by atoms with Gasteiger partial charge in [-0.2, -0.15) is 0 Å². The Morgan fingerprint density at radius 3 is 2.40 bits per heavy atom. The highest BCUT2D eigenvalue weighted by molar-refractivity contribution is 5.79. The highest BCUT2D eigenvalue weighted by Crippen LogP contribution is 2.23. The monoisotopic (exact) mass is 347 g/mol. The van der Waals surface area contributed by atoms with Crippen molar-refractivity contribution in [2.75, 3.05) is 27.7 Å². The molecule has 0 amide bonds. The minimum Gasteiger partial charge on any atom is -0.354 e. The average molecular weight is 347 g/mol. The molecule has 1 aromatic carbocycles. The minimum atomic E-state index is -0.558. The van der Waals surface area contributed by atoms with Gasteiger partial charge >= 0.3 is 0 Å². The molecule has 5 nitrogen and oxygen atoms in total. The SMILES string of the molecule is CN=C(NCc1ccccn1)NCC(c1c(F)cccc1F)N(C)C. The van der Waals surface area contributed by atoms with Crippen molar-refractivity contribution in [1.82, 2.24) is 20.5 Å². The first-order chi connectivity index (χ1) is 12.0. The highest BCUT2D eigenvalue weighted by atomic mass is 19.1. The van der Waals surface area contributed by atoms with Crippen LogP contribution in [0.15, 0.2) is 47.6 Å². The fourth-order valence-electron chi connectivity index (χ4n) is 2.46. The number of benzene rings is 1. The Labute approximate surface area is 146 Å². The summed E-state index contributed by atoms with van der Waals surface area (Å²) < 4.78 is 28.2. The molecule has 0 aliphatic heterocycles. The molecule has 0 saturated heterocycles. The lowest BCUT2D eigenvalue weighted by Crippen LogP contribution is -2.42. The third-order valence-electron chi connectivity index (χ3n) is 3.81. The van der Waals surface area contributed by atoms with Crippen LogP contribution in [-0.2, 0) is 6.54 Å². The van der Waals surface area contributed by atoms with Crippen LogP contribution < -0.4 is 10.6 Å². The van der Waals surface area contributed by atoms with Crippen molar-refractivity contribution in [1.29, 1.82) is 0 Å². The largest absolute Gasteiger partial charge is 0.354 e. The molecular weight excluding hydrogens is 324 g/mol. The van der Waals surface area contributed by atoms with Gasteiger partial charge in [-0.1, -0.05) is 12.1 Å². The Balaban J connectivity index is 2.02. The van der Waals surface area contributed by atoms with Crippen molar-refractivity contribution < 1.29 is 8.78 Å². The van der Waals surface area contributed by atoms with Crippen LogP contribution in [-0.4, -0.2) is 43.5 Å². The van der Waals surface area contributed by atoms with E-state index in [4.69, 9.17) is 0 Å². The fraction of sp³-hybridized carbons (Fsp3) is 0.333. The van der Waals surface area contributed by atoms with Gasteiger partial charge in [-0.05, 0) is 38.4 Å². The van der Waals surface area contributed by atoms with E-state index in [1.54, 1.807) is 32.2 Å². The van der Waals surface area contributed by atoms with Gasteiger partial charge in [-0.15, -0.1) is 0 Å². The number of hydrogen-bond acceptors (Lipinski definition) is 3. The molecule has 0 fully saturated rings. The molecule has 134 valence electrons. The molecule has 0 aliphatic carbocycles. The molecule has 0 bridgehead atoms. The second kappa shape index (κ2) is 9.08. The van der Waals surface area contributed by atoms with Crippen molar-refractivity contribution in [3.63, 3.8) is 0 Å². The smallest absolute Gasteiger partial charge is 0.191 e. The summed E-state index contributed by atoms with van der Waals surface area (Å²) in [5.74, 6) is -0.580. The summed E-state index contributed by atoms with van der Waals surface area (Å²) in [5, 5.41) is 6.24. The van der Waals surface area contributed by atoms with Crippen LogP contribution in [0.4, 0.5) is 8.78 Å². The minimum absolute atomic E-state index is 0.0418. The summed E-state index contributed by atoms with van der Waals surface area (Å²) >= 11 is 0. The molecule has 1 aromatic heterocycles. The zero-order valence-corrected chi connectivity index (χ0v) is 14.6. The van der Waals surface area contributed by atoms with E-state index < -0.39 is 17.7 Å². The predicted octanol–water partition coefficient (Wildman–Crippen LogP) is 2.33. The lowest BCUT2D eigenvalue weighted by Gasteiger charge is -2.26. The normalized spacial score (nSPS) is 13.0. The molecular formula is C18H23F2N5. The van der Waals surface area contributed by atoms with Crippen molar-refractivity contribution in [3.8, 4) is 0 Å². The van der Waals surface area contributed by atoms with Crippen molar-refractivity contribution in [2.24, 2.45) is 4.99 Å². The number of nitrogens with zero attached hydrogens (tertiary/aromatic N) is 3. The Morgan fingerprint density at radius 1 is 1.12 bits per heavy atom. The molecule has 1 unspecified atom stereocenters. The van der Waals surface area contributed by atoms with Gasteiger partial charge in [0.05, 0.1) is 18.3 Å². The van der Waals surface area contributed by atoms with E-state index in [0.717, 1.165) is 5.69 Å². The third-order valence-corrected chi connectivity index (χ3v) is 3.81. The number of halogens is 2. The van der Waals surface area contributed by atoms with E-state index in [1.165, 1.54) is 18.2 Å². The topological polar surface area (TPSA) is 52.6 Å². The van der Waals surface area contributed by atoms with Gasteiger partial charge in [-0.3, -0.25) is 9.98 Å². The molecule has 1 atom stereocenters. The summed E-state index contributed by atoms with van der Waals surface area (Å²) in [7, 11) is 5.20. The lowest BCUT2D eigenvalue weighted by atomic mass is 10.0. The van der Waals surface area contributed by atoms with Gasteiger partial charge in [0.1, 0.15) is 11.6 Å². The van der Waals surface area contributed by atoms with E-state index in [9.17, 15) is 8.78 Å². The van der Waals surface area contributed by atoms with Crippen LogP contribution >= 0.6 is 0 Å². The van der Waals surface area contributed by atoms with E-state index >= 15 is 0 Å². The van der Waals surface area contributed by atoms with Gasteiger partial charge in [0.2, 0.25) is 0 Å². The second-order valence-electron chi connectivity index (χ2n) is 5.74. The van der Waals surface area contributed by atoms with E-state index in [0.29, 0.717) is 19.0 Å². The van der Waals surface area contributed by atoms with Crippen molar-refractivity contribution in [3.05, 3.63) is 65.5 Å². The summed E-state index contributed by atoms with van der Waals surface area (Å²) in [6.45, 7) is 0.800. The number of pyridine rings is 1. The maximum atomic E-state index is 14.1.